The Labute approximate surface area is 210 Å². The summed E-state index contributed by atoms with van der Waals surface area (Å²) in [5.41, 5.74) is 2.92. The van der Waals surface area contributed by atoms with Crippen LogP contribution in [0.5, 0.6) is 11.5 Å². The van der Waals surface area contributed by atoms with Gasteiger partial charge in [-0.2, -0.15) is 0 Å². The molecule has 8 heteroatoms. The van der Waals surface area contributed by atoms with E-state index in [1.54, 1.807) is 24.3 Å². The van der Waals surface area contributed by atoms with Gasteiger partial charge in [0, 0.05) is 5.70 Å². The molecule has 2 heterocycles. The van der Waals surface area contributed by atoms with E-state index in [9.17, 15) is 13.5 Å². The second kappa shape index (κ2) is 8.81. The predicted octanol–water partition coefficient (Wildman–Crippen LogP) is 6.26. The molecule has 35 heavy (non-hydrogen) atoms. The number of hydrogen-bond donors (Lipinski definition) is 3. The summed E-state index contributed by atoms with van der Waals surface area (Å²) < 4.78 is 33.0. The van der Waals surface area contributed by atoms with E-state index in [4.69, 9.17) is 16.3 Å². The minimum Gasteiger partial charge on any atom is -0.506 e. The molecule has 3 N–H and O–H groups in total. The lowest BCUT2D eigenvalue weighted by atomic mass is 9.88. The maximum absolute atomic E-state index is 13.6. The van der Waals surface area contributed by atoms with Crippen molar-refractivity contribution < 1.29 is 18.3 Å². The minimum atomic E-state index is -3.61. The number of hydrogen-bond acceptors (Lipinski definition) is 6. The number of ether oxygens (including phenoxy) is 1. The number of aromatic hydroxyl groups is 1. The third-order valence-corrected chi connectivity index (χ3v) is 8.88. The molecule has 3 aromatic rings. The van der Waals surface area contributed by atoms with Gasteiger partial charge in [-0.05, 0) is 47.2 Å². The van der Waals surface area contributed by atoms with Gasteiger partial charge in [-0.15, -0.1) is 0 Å². The van der Waals surface area contributed by atoms with E-state index in [0.29, 0.717) is 46.4 Å². The van der Waals surface area contributed by atoms with Gasteiger partial charge in [-0.25, -0.2) is 8.42 Å². The highest BCUT2D eigenvalue weighted by molar-refractivity contribution is 7.95. The highest BCUT2D eigenvalue weighted by Gasteiger charge is 2.43. The number of allylic oxidation sites excluding steroid dienone is 1. The molecule has 2 aliphatic heterocycles. The third-order valence-electron chi connectivity index (χ3n) is 6.28. The molecule has 0 spiro atoms. The molecule has 0 saturated heterocycles. The van der Waals surface area contributed by atoms with Crippen LogP contribution in [0.25, 0.3) is 0 Å². The zero-order valence-electron chi connectivity index (χ0n) is 19.5. The first-order valence-corrected chi connectivity index (χ1v) is 13.4. The first kappa shape index (κ1) is 23.6. The number of phenolic OH excluding ortho intramolecular Hbond substituents is 1. The fourth-order valence-electron chi connectivity index (χ4n) is 4.80. The summed E-state index contributed by atoms with van der Waals surface area (Å²) in [6, 6.07) is 19.6. The number of rotatable bonds is 4. The maximum Gasteiger partial charge on any atom is 0.179 e. The van der Waals surface area contributed by atoms with Crippen molar-refractivity contribution in [3.05, 3.63) is 93.5 Å². The Morgan fingerprint density at radius 2 is 1.86 bits per heavy atom. The Balaban J connectivity index is 1.56. The second-order valence-corrected chi connectivity index (χ2v) is 12.2. The van der Waals surface area contributed by atoms with Crippen LogP contribution in [-0.2, 0) is 16.4 Å². The highest BCUT2D eigenvalue weighted by atomic mass is 35.5. The first-order chi connectivity index (χ1) is 16.6. The number of para-hydroxylation sites is 1. The Morgan fingerprint density at radius 3 is 2.60 bits per heavy atom. The molecule has 2 aliphatic rings. The van der Waals surface area contributed by atoms with Crippen LogP contribution in [-0.4, -0.2) is 19.3 Å². The molecule has 0 fully saturated rings. The lowest BCUT2D eigenvalue weighted by molar-refractivity contribution is 0.306. The Bertz CT molecular complexity index is 1420. The topological polar surface area (TPSA) is 87.7 Å². The van der Waals surface area contributed by atoms with Crippen molar-refractivity contribution in [3.8, 4) is 11.5 Å². The van der Waals surface area contributed by atoms with E-state index in [-0.39, 0.29) is 16.4 Å². The summed E-state index contributed by atoms with van der Waals surface area (Å²) in [4.78, 5) is 0.279. The number of sulfone groups is 1. The molecule has 0 aromatic heterocycles. The second-order valence-electron chi connectivity index (χ2n) is 9.81. The summed E-state index contributed by atoms with van der Waals surface area (Å²) in [6.45, 7) is 4.24. The summed E-state index contributed by atoms with van der Waals surface area (Å²) in [6.07, 6.45) is 0.527. The van der Waals surface area contributed by atoms with E-state index in [2.05, 4.69) is 10.6 Å². The van der Waals surface area contributed by atoms with E-state index in [1.807, 2.05) is 56.3 Å². The molecule has 0 radical (unpaired) electrons. The largest absolute Gasteiger partial charge is 0.506 e. The Kier molecular flexibility index (Phi) is 5.93. The van der Waals surface area contributed by atoms with Crippen molar-refractivity contribution in [1.82, 2.24) is 0 Å². The number of nitrogens with one attached hydrogen (secondary N) is 2. The van der Waals surface area contributed by atoms with Crippen molar-refractivity contribution in [3.63, 3.8) is 0 Å². The summed E-state index contributed by atoms with van der Waals surface area (Å²) in [5.74, 6) is 0.601. The van der Waals surface area contributed by atoms with Crippen molar-refractivity contribution in [2.45, 2.75) is 32.9 Å². The monoisotopic (exact) mass is 510 g/mol. The van der Waals surface area contributed by atoms with Crippen LogP contribution in [0.3, 0.4) is 0 Å². The van der Waals surface area contributed by atoms with Crippen LogP contribution in [0, 0.1) is 5.41 Å². The van der Waals surface area contributed by atoms with Crippen LogP contribution in [0.2, 0.25) is 5.02 Å². The average molecular weight is 511 g/mol. The SMILES string of the molecule is CC1(C)CC2=C(C(c3ccc(OCc4ccccc4)c(Cl)c3)Nc3cccc(O)c3N2)S(=O)(=O)C1. The third kappa shape index (κ3) is 4.70. The van der Waals surface area contributed by atoms with Gasteiger partial charge >= 0.3 is 0 Å². The molecule has 6 nitrogen and oxygen atoms in total. The van der Waals surface area contributed by atoms with E-state index in [1.165, 1.54) is 0 Å². The van der Waals surface area contributed by atoms with E-state index < -0.39 is 21.3 Å². The van der Waals surface area contributed by atoms with Gasteiger partial charge in [0.2, 0.25) is 0 Å². The molecule has 0 saturated carbocycles. The molecule has 1 unspecified atom stereocenters. The molecule has 0 amide bonds. The Morgan fingerprint density at radius 1 is 1.09 bits per heavy atom. The van der Waals surface area contributed by atoms with Crippen LogP contribution < -0.4 is 15.4 Å². The van der Waals surface area contributed by atoms with Gasteiger partial charge in [0.15, 0.2) is 9.84 Å². The van der Waals surface area contributed by atoms with Crippen molar-refractivity contribution in [1.29, 1.82) is 0 Å². The highest BCUT2D eigenvalue weighted by Crippen LogP contribution is 2.48. The minimum absolute atomic E-state index is 0.0347. The van der Waals surface area contributed by atoms with Crippen molar-refractivity contribution >= 4 is 32.8 Å². The average Bonchev–Trinajstić information content (AvgIpc) is 2.95. The molecule has 182 valence electrons. The molecular formula is C27H27ClN2O4S. The first-order valence-electron chi connectivity index (χ1n) is 11.4. The predicted molar refractivity (Wildman–Crippen MR) is 140 cm³/mol. The maximum atomic E-state index is 13.6. The number of phenols is 1. The van der Waals surface area contributed by atoms with Crippen LogP contribution in [0.15, 0.2) is 77.3 Å². The number of benzene rings is 3. The van der Waals surface area contributed by atoms with Crippen LogP contribution in [0.4, 0.5) is 11.4 Å². The van der Waals surface area contributed by atoms with Crippen LogP contribution >= 0.6 is 11.6 Å². The van der Waals surface area contributed by atoms with Gasteiger partial charge in [0.05, 0.1) is 27.4 Å². The fourth-order valence-corrected chi connectivity index (χ4v) is 7.39. The number of anilines is 2. The summed E-state index contributed by atoms with van der Waals surface area (Å²) in [7, 11) is -3.61. The van der Waals surface area contributed by atoms with Crippen LogP contribution in [0.1, 0.15) is 37.4 Å². The molecule has 1 atom stereocenters. The summed E-state index contributed by atoms with van der Waals surface area (Å²) in [5, 5.41) is 17.5. The zero-order valence-corrected chi connectivity index (χ0v) is 21.1. The number of halogens is 1. The van der Waals surface area contributed by atoms with E-state index in [0.717, 1.165) is 5.56 Å². The summed E-state index contributed by atoms with van der Waals surface area (Å²) >= 11 is 6.60. The lowest BCUT2D eigenvalue weighted by Gasteiger charge is -2.34. The normalized spacial score (nSPS) is 20.0. The Hall–Kier alpha value is -3.16. The van der Waals surface area contributed by atoms with E-state index >= 15 is 0 Å². The molecule has 0 bridgehead atoms. The quantitative estimate of drug-likeness (QED) is 0.359. The zero-order chi connectivity index (χ0) is 24.8. The molecular weight excluding hydrogens is 484 g/mol. The van der Waals surface area contributed by atoms with Gasteiger partial charge < -0.3 is 20.5 Å². The molecule has 0 aliphatic carbocycles. The van der Waals surface area contributed by atoms with Gasteiger partial charge in [0.25, 0.3) is 0 Å². The smallest absolute Gasteiger partial charge is 0.179 e. The standard InChI is InChI=1S/C27H27ClN2O4S/c1-27(2)14-21-26(35(32,33)16-27)24(29-20-9-6-10-22(31)25(20)30-21)18-11-12-23(19(28)13-18)34-15-17-7-4-3-5-8-17/h3-13,24,29-31H,14-16H2,1-2H3. The molecule has 5 rings (SSSR count). The van der Waals surface area contributed by atoms with Crippen molar-refractivity contribution in [2.75, 3.05) is 16.4 Å². The molecule has 3 aromatic carbocycles. The fraction of sp³-hybridized carbons (Fsp3) is 0.259. The van der Waals surface area contributed by atoms with Gasteiger partial charge in [-0.3, -0.25) is 0 Å². The van der Waals surface area contributed by atoms with Crippen molar-refractivity contribution in [2.24, 2.45) is 5.41 Å². The number of fused-ring (bicyclic) bond motifs is 1. The van der Waals surface area contributed by atoms with Gasteiger partial charge in [-0.1, -0.05) is 67.9 Å². The van der Waals surface area contributed by atoms with Gasteiger partial charge in [0.1, 0.15) is 23.8 Å². The lowest BCUT2D eigenvalue weighted by Crippen LogP contribution is -2.35.